The van der Waals surface area contributed by atoms with Gasteiger partial charge in [-0.25, -0.2) is 0 Å². The largest absolute Gasteiger partial charge is 0.390 e. The number of ketones is 1. The summed E-state index contributed by atoms with van der Waals surface area (Å²) >= 11 is 3.41. The second kappa shape index (κ2) is 5.94. The quantitative estimate of drug-likeness (QED) is 0.534. The molecule has 2 unspecified atom stereocenters. The lowest BCUT2D eigenvalue weighted by Crippen LogP contribution is -2.48. The molecule has 134 valence electrons. The topological polar surface area (TPSA) is 37.3 Å². The van der Waals surface area contributed by atoms with Crippen LogP contribution < -0.4 is 0 Å². The van der Waals surface area contributed by atoms with E-state index in [4.69, 9.17) is 0 Å². The van der Waals surface area contributed by atoms with E-state index in [0.717, 1.165) is 43.4 Å². The van der Waals surface area contributed by atoms with Crippen molar-refractivity contribution < 1.29 is 9.90 Å². The molecule has 0 amide bonds. The summed E-state index contributed by atoms with van der Waals surface area (Å²) in [5.41, 5.74) is 1.29. The minimum atomic E-state index is -0.487. The number of hydrogen-bond donors (Lipinski definition) is 1. The van der Waals surface area contributed by atoms with Crippen molar-refractivity contribution in [1.82, 2.24) is 0 Å². The molecule has 4 aliphatic carbocycles. The van der Waals surface area contributed by atoms with Gasteiger partial charge in [0.25, 0.3) is 0 Å². The standard InChI is InChI=1S/C21H31BrO2/c1-20(24)9-7-14-13(11-20)3-4-16-15(14)8-10-21(2)17(16)5-6-18(21)19(23)12-22/h3,14-18,24H,4-12H2,1-2H3/t14?,15-,16-,17+,18-,20-,21?/m1/s1. The number of alkyl halides is 1. The Morgan fingerprint density at radius 1 is 1.21 bits per heavy atom. The molecule has 0 aromatic carbocycles. The van der Waals surface area contributed by atoms with Crippen molar-refractivity contribution in [2.75, 3.05) is 5.33 Å². The summed E-state index contributed by atoms with van der Waals surface area (Å²) in [4.78, 5) is 12.4. The highest BCUT2D eigenvalue weighted by Gasteiger charge is 2.57. The monoisotopic (exact) mass is 394 g/mol. The molecule has 0 saturated heterocycles. The number of rotatable bonds is 2. The average Bonchev–Trinajstić information content (AvgIpc) is 2.90. The smallest absolute Gasteiger partial charge is 0.147 e. The molecule has 7 atom stereocenters. The van der Waals surface area contributed by atoms with E-state index in [1.165, 1.54) is 25.7 Å². The number of allylic oxidation sites excluding steroid dienone is 1. The summed E-state index contributed by atoms with van der Waals surface area (Å²) in [6.45, 7) is 4.42. The maximum atomic E-state index is 12.4. The molecule has 0 aromatic rings. The van der Waals surface area contributed by atoms with E-state index in [-0.39, 0.29) is 11.3 Å². The van der Waals surface area contributed by atoms with Crippen LogP contribution in [-0.2, 0) is 4.79 Å². The van der Waals surface area contributed by atoms with Crippen molar-refractivity contribution >= 4 is 21.7 Å². The maximum absolute atomic E-state index is 12.4. The fourth-order valence-electron chi connectivity index (χ4n) is 7.09. The molecule has 3 heteroatoms. The summed E-state index contributed by atoms with van der Waals surface area (Å²) in [5, 5.41) is 11.0. The third kappa shape index (κ3) is 2.57. The van der Waals surface area contributed by atoms with Crippen molar-refractivity contribution in [2.24, 2.45) is 35.0 Å². The Kier molecular flexibility index (Phi) is 4.28. The van der Waals surface area contributed by atoms with E-state index in [2.05, 4.69) is 28.9 Å². The van der Waals surface area contributed by atoms with Crippen LogP contribution in [-0.4, -0.2) is 21.8 Å². The molecule has 0 spiro atoms. The van der Waals surface area contributed by atoms with E-state index < -0.39 is 5.60 Å². The van der Waals surface area contributed by atoms with Gasteiger partial charge in [-0.2, -0.15) is 0 Å². The SMILES string of the molecule is CC12CC[C@@H]3C4CC[C@@](C)(O)CC4=CC[C@H]3[C@@H]1CC[C@@H]2C(=O)CBr. The first-order valence-electron chi connectivity index (χ1n) is 9.86. The molecule has 24 heavy (non-hydrogen) atoms. The number of carbonyl (C=O) groups is 1. The Bertz CT molecular complexity index is 566. The molecular formula is C21H31BrO2. The van der Waals surface area contributed by atoms with Gasteiger partial charge in [0.1, 0.15) is 5.78 Å². The summed E-state index contributed by atoms with van der Waals surface area (Å²) in [7, 11) is 0. The highest BCUT2D eigenvalue weighted by molar-refractivity contribution is 9.09. The lowest BCUT2D eigenvalue weighted by molar-refractivity contribution is -0.126. The second-order valence-corrected chi connectivity index (χ2v) is 10.1. The molecule has 0 heterocycles. The van der Waals surface area contributed by atoms with Crippen LogP contribution >= 0.6 is 15.9 Å². The zero-order valence-electron chi connectivity index (χ0n) is 15.1. The predicted octanol–water partition coefficient (Wildman–Crippen LogP) is 4.89. The highest BCUT2D eigenvalue weighted by atomic mass is 79.9. The number of fused-ring (bicyclic) bond motifs is 5. The van der Waals surface area contributed by atoms with Crippen molar-refractivity contribution in [3.8, 4) is 0 Å². The summed E-state index contributed by atoms with van der Waals surface area (Å²) in [5.74, 6) is 3.72. The van der Waals surface area contributed by atoms with Crippen LogP contribution in [0.2, 0.25) is 0 Å². The van der Waals surface area contributed by atoms with Crippen LogP contribution in [0.15, 0.2) is 11.6 Å². The zero-order valence-corrected chi connectivity index (χ0v) is 16.6. The Labute approximate surface area is 154 Å². The Morgan fingerprint density at radius 3 is 2.75 bits per heavy atom. The average molecular weight is 395 g/mol. The van der Waals surface area contributed by atoms with Crippen LogP contribution in [0, 0.1) is 35.0 Å². The number of aliphatic hydroxyl groups is 1. The summed E-state index contributed by atoms with van der Waals surface area (Å²) in [6.07, 6.45) is 11.5. The van der Waals surface area contributed by atoms with E-state index in [1.54, 1.807) is 5.57 Å². The Hall–Kier alpha value is -0.150. The molecule has 4 rings (SSSR count). The van der Waals surface area contributed by atoms with Gasteiger partial charge in [-0.05, 0) is 87.4 Å². The zero-order chi connectivity index (χ0) is 17.1. The van der Waals surface area contributed by atoms with Crippen molar-refractivity contribution in [3.63, 3.8) is 0 Å². The summed E-state index contributed by atoms with van der Waals surface area (Å²) in [6, 6.07) is 0. The first kappa shape index (κ1) is 17.3. The van der Waals surface area contributed by atoms with Crippen LogP contribution in [0.4, 0.5) is 0 Å². The van der Waals surface area contributed by atoms with Crippen LogP contribution in [0.3, 0.4) is 0 Å². The first-order chi connectivity index (χ1) is 11.4. The maximum Gasteiger partial charge on any atom is 0.147 e. The molecular weight excluding hydrogens is 364 g/mol. The summed E-state index contributed by atoms with van der Waals surface area (Å²) < 4.78 is 0. The van der Waals surface area contributed by atoms with Gasteiger partial charge in [-0.1, -0.05) is 34.5 Å². The van der Waals surface area contributed by atoms with E-state index in [1.807, 2.05) is 6.92 Å². The fourth-order valence-corrected chi connectivity index (χ4v) is 7.48. The van der Waals surface area contributed by atoms with E-state index in [0.29, 0.717) is 17.0 Å². The third-order valence-electron chi connectivity index (χ3n) is 8.24. The van der Waals surface area contributed by atoms with E-state index in [9.17, 15) is 9.90 Å². The lowest BCUT2D eigenvalue weighted by Gasteiger charge is -2.54. The van der Waals surface area contributed by atoms with Crippen molar-refractivity contribution in [1.29, 1.82) is 0 Å². The minimum absolute atomic E-state index is 0.234. The molecule has 3 fully saturated rings. The van der Waals surface area contributed by atoms with Gasteiger partial charge in [0.2, 0.25) is 0 Å². The number of carbonyl (C=O) groups excluding carboxylic acids is 1. The molecule has 0 radical (unpaired) electrons. The first-order valence-corrected chi connectivity index (χ1v) is 11.0. The normalized spacial score (nSPS) is 50.5. The molecule has 4 aliphatic rings. The fraction of sp³-hybridized carbons (Fsp3) is 0.857. The van der Waals surface area contributed by atoms with Gasteiger partial charge in [0.05, 0.1) is 10.9 Å². The lowest BCUT2D eigenvalue weighted by atomic mass is 9.51. The molecule has 3 saturated carbocycles. The predicted molar refractivity (Wildman–Crippen MR) is 100 cm³/mol. The third-order valence-corrected chi connectivity index (χ3v) is 8.79. The van der Waals surface area contributed by atoms with Gasteiger partial charge in [0.15, 0.2) is 0 Å². The van der Waals surface area contributed by atoms with Gasteiger partial charge in [0, 0.05) is 5.92 Å². The van der Waals surface area contributed by atoms with Crippen molar-refractivity contribution in [2.45, 2.75) is 70.8 Å². The van der Waals surface area contributed by atoms with E-state index >= 15 is 0 Å². The molecule has 2 nitrogen and oxygen atoms in total. The Balaban J connectivity index is 1.59. The number of Topliss-reactive ketones (excluding diaryl/α,β-unsaturated/α-hetero) is 1. The van der Waals surface area contributed by atoms with Crippen LogP contribution in [0.1, 0.15) is 65.2 Å². The highest BCUT2D eigenvalue weighted by Crippen LogP contribution is 2.63. The van der Waals surface area contributed by atoms with Crippen molar-refractivity contribution in [3.05, 3.63) is 11.6 Å². The second-order valence-electron chi connectivity index (χ2n) is 9.54. The molecule has 1 N–H and O–H groups in total. The number of halogens is 1. The van der Waals surface area contributed by atoms with Crippen LogP contribution in [0.25, 0.3) is 0 Å². The number of hydrogen-bond acceptors (Lipinski definition) is 2. The van der Waals surface area contributed by atoms with Gasteiger partial charge in [-0.3, -0.25) is 4.79 Å². The molecule has 0 aromatic heterocycles. The molecule has 0 bridgehead atoms. The van der Waals surface area contributed by atoms with Gasteiger partial charge in [-0.15, -0.1) is 0 Å². The van der Waals surface area contributed by atoms with Gasteiger partial charge < -0.3 is 5.11 Å². The van der Waals surface area contributed by atoms with Crippen LogP contribution in [0.5, 0.6) is 0 Å². The molecule has 0 aliphatic heterocycles. The Morgan fingerprint density at radius 2 is 2.00 bits per heavy atom. The minimum Gasteiger partial charge on any atom is -0.390 e. The van der Waals surface area contributed by atoms with Gasteiger partial charge >= 0.3 is 0 Å².